The van der Waals surface area contributed by atoms with Crippen molar-refractivity contribution in [3.8, 4) is 0 Å². The molecule has 132 valence electrons. The molecule has 0 radical (unpaired) electrons. The molecule has 0 aromatic heterocycles. The van der Waals surface area contributed by atoms with Gasteiger partial charge in [-0.3, -0.25) is 0 Å². The summed E-state index contributed by atoms with van der Waals surface area (Å²) in [4.78, 5) is -0.0888. The standard InChI is InChI=1S/C20H28O3S.Na/c1-3-5-7-10-16-12-9-13-18-19(24(21,22)23)15-14-17(20(16)18)11-8-6-4-2;/h9,12-15H,3-8,10-11H2,1-2H3,(H,21,22,23);/q;+1/p-1. The zero-order chi connectivity index (χ0) is 17.6. The van der Waals surface area contributed by atoms with Crippen LogP contribution in [0.2, 0.25) is 0 Å². The number of unbranched alkanes of at least 4 members (excludes halogenated alkanes) is 4. The van der Waals surface area contributed by atoms with Crippen LogP contribution in [0.15, 0.2) is 35.2 Å². The maximum absolute atomic E-state index is 11.6. The van der Waals surface area contributed by atoms with Crippen molar-refractivity contribution in [1.29, 1.82) is 0 Å². The molecule has 0 N–H and O–H groups in total. The van der Waals surface area contributed by atoms with Crippen LogP contribution >= 0.6 is 0 Å². The molecule has 5 heteroatoms. The Bertz CT molecular complexity index is 769. The van der Waals surface area contributed by atoms with Crippen molar-refractivity contribution in [2.75, 3.05) is 0 Å². The minimum absolute atomic E-state index is 0. The van der Waals surface area contributed by atoms with Crippen molar-refractivity contribution in [3.63, 3.8) is 0 Å². The molecule has 2 aromatic carbocycles. The van der Waals surface area contributed by atoms with E-state index in [1.165, 1.54) is 6.07 Å². The molecule has 0 amide bonds. The Kier molecular flexibility index (Phi) is 9.68. The summed E-state index contributed by atoms with van der Waals surface area (Å²) in [5.74, 6) is 0. The fourth-order valence-corrected chi connectivity index (χ4v) is 3.97. The second kappa shape index (κ2) is 10.7. The van der Waals surface area contributed by atoms with Gasteiger partial charge in [0, 0.05) is 0 Å². The van der Waals surface area contributed by atoms with Gasteiger partial charge in [-0.15, -0.1) is 0 Å². The van der Waals surface area contributed by atoms with Crippen LogP contribution in [0.1, 0.15) is 63.5 Å². The van der Waals surface area contributed by atoms with Gasteiger partial charge in [-0.2, -0.15) is 0 Å². The van der Waals surface area contributed by atoms with Gasteiger partial charge in [0.2, 0.25) is 0 Å². The van der Waals surface area contributed by atoms with E-state index in [0.717, 1.165) is 67.9 Å². The Hall–Kier alpha value is -0.390. The molecule has 0 saturated heterocycles. The summed E-state index contributed by atoms with van der Waals surface area (Å²) in [6.45, 7) is 4.34. The number of fused-ring (bicyclic) bond motifs is 1. The van der Waals surface area contributed by atoms with E-state index in [9.17, 15) is 13.0 Å². The first-order valence-electron chi connectivity index (χ1n) is 8.98. The molecule has 0 atom stereocenters. The molecule has 0 aliphatic rings. The Balaban J connectivity index is 0.00000312. The Morgan fingerprint density at radius 3 is 1.92 bits per heavy atom. The normalized spacial score (nSPS) is 11.5. The van der Waals surface area contributed by atoms with Crippen molar-refractivity contribution in [3.05, 3.63) is 41.5 Å². The Labute approximate surface area is 174 Å². The van der Waals surface area contributed by atoms with Gasteiger partial charge in [-0.05, 0) is 53.6 Å². The third kappa shape index (κ3) is 6.07. The minimum Gasteiger partial charge on any atom is -0.744 e. The quantitative estimate of drug-likeness (QED) is 0.386. The van der Waals surface area contributed by atoms with Crippen molar-refractivity contribution < 1.29 is 42.5 Å². The SMILES string of the molecule is CCCCCc1cccc2c(S(=O)(=O)[O-])ccc(CCCCC)c12.[Na+]. The van der Waals surface area contributed by atoms with E-state index in [1.807, 2.05) is 12.1 Å². The second-order valence-corrected chi connectivity index (χ2v) is 7.78. The monoisotopic (exact) mass is 370 g/mol. The van der Waals surface area contributed by atoms with E-state index in [4.69, 9.17) is 0 Å². The zero-order valence-corrected chi connectivity index (χ0v) is 18.5. The molecular weight excluding hydrogens is 343 g/mol. The molecule has 0 heterocycles. The summed E-state index contributed by atoms with van der Waals surface area (Å²) in [7, 11) is -4.46. The molecular formula is C20H27NaO3S. The molecule has 3 nitrogen and oxygen atoms in total. The maximum Gasteiger partial charge on any atom is 1.00 e. The van der Waals surface area contributed by atoms with Crippen LogP contribution in [-0.2, 0) is 23.0 Å². The number of benzene rings is 2. The van der Waals surface area contributed by atoms with Gasteiger partial charge in [0.05, 0.1) is 4.90 Å². The van der Waals surface area contributed by atoms with E-state index >= 15 is 0 Å². The summed E-state index contributed by atoms with van der Waals surface area (Å²) >= 11 is 0. The molecule has 0 bridgehead atoms. The number of hydrogen-bond donors (Lipinski definition) is 0. The minimum atomic E-state index is -4.46. The summed E-state index contributed by atoms with van der Waals surface area (Å²) in [6, 6.07) is 9.04. The number of hydrogen-bond acceptors (Lipinski definition) is 3. The Morgan fingerprint density at radius 1 is 0.840 bits per heavy atom. The average molecular weight is 370 g/mol. The first kappa shape index (κ1) is 22.7. The van der Waals surface area contributed by atoms with Crippen LogP contribution in [0.3, 0.4) is 0 Å². The largest absolute Gasteiger partial charge is 1.00 e. The summed E-state index contributed by atoms with van der Waals surface area (Å²) < 4.78 is 34.9. The smallest absolute Gasteiger partial charge is 0.744 e. The first-order chi connectivity index (χ1) is 11.5. The van der Waals surface area contributed by atoms with Gasteiger partial charge >= 0.3 is 29.6 Å². The van der Waals surface area contributed by atoms with Gasteiger partial charge in [0.1, 0.15) is 10.1 Å². The van der Waals surface area contributed by atoms with Crippen LogP contribution in [0.5, 0.6) is 0 Å². The fraction of sp³-hybridized carbons (Fsp3) is 0.500. The second-order valence-electron chi connectivity index (χ2n) is 6.43. The van der Waals surface area contributed by atoms with Crippen LogP contribution in [0.4, 0.5) is 0 Å². The molecule has 2 aromatic rings. The number of rotatable bonds is 9. The van der Waals surface area contributed by atoms with Crippen molar-refractivity contribution >= 4 is 20.9 Å². The van der Waals surface area contributed by atoms with Crippen LogP contribution in [0.25, 0.3) is 10.8 Å². The number of aryl methyl sites for hydroxylation is 2. The van der Waals surface area contributed by atoms with Gasteiger partial charge in [0.15, 0.2) is 0 Å². The van der Waals surface area contributed by atoms with E-state index in [1.54, 1.807) is 6.07 Å². The summed E-state index contributed by atoms with van der Waals surface area (Å²) in [5.41, 5.74) is 2.33. The molecule has 0 unspecified atom stereocenters. The third-order valence-corrected chi connectivity index (χ3v) is 5.44. The molecule has 0 fully saturated rings. The maximum atomic E-state index is 11.6. The van der Waals surface area contributed by atoms with Crippen LogP contribution < -0.4 is 29.6 Å². The van der Waals surface area contributed by atoms with Gasteiger partial charge in [-0.25, -0.2) is 8.42 Å². The van der Waals surface area contributed by atoms with E-state index in [-0.39, 0.29) is 34.5 Å². The van der Waals surface area contributed by atoms with Crippen LogP contribution in [0, 0.1) is 0 Å². The predicted molar refractivity (Wildman–Crippen MR) is 98.4 cm³/mol. The van der Waals surface area contributed by atoms with E-state index in [0.29, 0.717) is 5.39 Å². The first-order valence-corrected chi connectivity index (χ1v) is 10.4. The van der Waals surface area contributed by atoms with Gasteiger partial charge in [-0.1, -0.05) is 63.8 Å². The predicted octanol–water partition coefficient (Wildman–Crippen LogP) is 2.21. The summed E-state index contributed by atoms with van der Waals surface area (Å²) in [5, 5.41) is 1.58. The molecule has 0 aliphatic heterocycles. The topological polar surface area (TPSA) is 57.2 Å². The zero-order valence-electron chi connectivity index (χ0n) is 15.7. The summed E-state index contributed by atoms with van der Waals surface area (Å²) in [6.07, 6.45) is 8.62. The van der Waals surface area contributed by atoms with Crippen molar-refractivity contribution in [2.24, 2.45) is 0 Å². The van der Waals surface area contributed by atoms with Gasteiger partial charge in [0.25, 0.3) is 0 Å². The molecule has 2 rings (SSSR count). The van der Waals surface area contributed by atoms with Gasteiger partial charge < -0.3 is 4.55 Å². The van der Waals surface area contributed by atoms with E-state index < -0.39 is 10.1 Å². The molecule has 0 spiro atoms. The van der Waals surface area contributed by atoms with E-state index in [2.05, 4.69) is 19.9 Å². The molecule has 25 heavy (non-hydrogen) atoms. The van der Waals surface area contributed by atoms with Crippen molar-refractivity contribution in [2.45, 2.75) is 70.1 Å². The molecule has 0 aliphatic carbocycles. The average Bonchev–Trinajstić information content (AvgIpc) is 2.54. The Morgan fingerprint density at radius 2 is 1.40 bits per heavy atom. The fourth-order valence-electron chi connectivity index (χ4n) is 3.30. The molecule has 0 saturated carbocycles. The third-order valence-electron chi connectivity index (χ3n) is 4.54. The van der Waals surface area contributed by atoms with Crippen LogP contribution in [-0.4, -0.2) is 13.0 Å². The van der Waals surface area contributed by atoms with Crippen molar-refractivity contribution in [1.82, 2.24) is 0 Å².